The minimum atomic E-state index is -1.09. The summed E-state index contributed by atoms with van der Waals surface area (Å²) in [5.74, 6) is -0.273. The highest BCUT2D eigenvalue weighted by Gasteiger charge is 2.07. The first-order valence-electron chi connectivity index (χ1n) is 6.28. The zero-order valence-electron chi connectivity index (χ0n) is 11.2. The molecule has 0 bridgehead atoms. The lowest BCUT2D eigenvalue weighted by atomic mass is 10.1. The molecule has 0 saturated heterocycles. The zero-order valence-corrected chi connectivity index (χ0v) is 11.2. The molecule has 0 heterocycles. The summed E-state index contributed by atoms with van der Waals surface area (Å²) in [4.78, 5) is 22.5. The predicted molar refractivity (Wildman–Crippen MR) is 80.1 cm³/mol. The summed E-state index contributed by atoms with van der Waals surface area (Å²) in [5.41, 5.74) is 8.05. The van der Waals surface area contributed by atoms with E-state index < -0.39 is 6.09 Å². The van der Waals surface area contributed by atoms with Gasteiger partial charge in [0, 0.05) is 12.1 Å². The molecule has 21 heavy (non-hydrogen) atoms. The van der Waals surface area contributed by atoms with Crippen molar-refractivity contribution < 1.29 is 14.7 Å². The molecular weight excluding hydrogens is 270 g/mol. The van der Waals surface area contributed by atoms with Crippen molar-refractivity contribution in [2.24, 2.45) is 0 Å². The number of carboxylic acid groups (broad SMARTS) is 1. The number of hydrogen-bond donors (Lipinski definition) is 4. The molecule has 0 aliphatic rings. The van der Waals surface area contributed by atoms with Crippen LogP contribution in [0.4, 0.5) is 16.2 Å². The Morgan fingerprint density at radius 2 is 1.71 bits per heavy atom. The van der Waals surface area contributed by atoms with Crippen LogP contribution < -0.4 is 16.4 Å². The van der Waals surface area contributed by atoms with E-state index in [4.69, 9.17) is 10.8 Å². The topological polar surface area (TPSA) is 104 Å². The highest BCUT2D eigenvalue weighted by Crippen LogP contribution is 2.17. The van der Waals surface area contributed by atoms with Crippen molar-refractivity contribution in [1.29, 1.82) is 0 Å². The number of benzene rings is 2. The molecule has 2 aromatic rings. The van der Waals surface area contributed by atoms with Gasteiger partial charge in [0.25, 0.3) is 5.91 Å². The average molecular weight is 285 g/mol. The zero-order chi connectivity index (χ0) is 15.2. The van der Waals surface area contributed by atoms with Gasteiger partial charge >= 0.3 is 6.09 Å². The van der Waals surface area contributed by atoms with Crippen molar-refractivity contribution >= 4 is 23.4 Å². The van der Waals surface area contributed by atoms with Crippen molar-refractivity contribution in [3.05, 3.63) is 59.7 Å². The van der Waals surface area contributed by atoms with Gasteiger partial charge in [-0.3, -0.25) is 4.79 Å². The van der Waals surface area contributed by atoms with Gasteiger partial charge in [-0.1, -0.05) is 24.3 Å². The highest BCUT2D eigenvalue weighted by molar-refractivity contribution is 6.05. The molecule has 0 spiro atoms. The maximum atomic E-state index is 12.1. The fourth-order valence-electron chi connectivity index (χ4n) is 1.76. The van der Waals surface area contributed by atoms with Crippen LogP contribution in [0.15, 0.2) is 48.5 Å². The Morgan fingerprint density at radius 3 is 2.33 bits per heavy atom. The summed E-state index contributed by atoms with van der Waals surface area (Å²) in [5, 5.41) is 13.5. The third-order valence-electron chi connectivity index (χ3n) is 2.87. The standard InChI is InChI=1S/C15H15N3O3/c16-12-3-1-2-4-13(12)18-14(19)11-7-5-10(6-8-11)9-17-15(20)21/h1-8,17H,9,16H2,(H,18,19)(H,20,21). The number of rotatable bonds is 4. The molecule has 2 aromatic carbocycles. The molecule has 108 valence electrons. The number of para-hydroxylation sites is 2. The van der Waals surface area contributed by atoms with E-state index in [1.54, 1.807) is 48.5 Å². The Labute approximate surface area is 121 Å². The number of carbonyl (C=O) groups is 2. The van der Waals surface area contributed by atoms with Crippen molar-refractivity contribution in [3.8, 4) is 0 Å². The second-order valence-electron chi connectivity index (χ2n) is 4.40. The van der Waals surface area contributed by atoms with Gasteiger partial charge in [-0.05, 0) is 29.8 Å². The third-order valence-corrected chi connectivity index (χ3v) is 2.87. The molecule has 2 rings (SSSR count). The van der Waals surface area contributed by atoms with Gasteiger partial charge in [-0.2, -0.15) is 0 Å². The molecule has 0 aromatic heterocycles. The normalized spacial score (nSPS) is 9.90. The molecule has 2 amide bonds. The summed E-state index contributed by atoms with van der Waals surface area (Å²) < 4.78 is 0. The van der Waals surface area contributed by atoms with Gasteiger partial charge in [-0.25, -0.2) is 4.79 Å². The van der Waals surface area contributed by atoms with E-state index in [0.717, 1.165) is 5.56 Å². The van der Waals surface area contributed by atoms with Crippen LogP contribution in [0.2, 0.25) is 0 Å². The second kappa shape index (κ2) is 6.42. The van der Waals surface area contributed by atoms with Crippen LogP contribution in [0.5, 0.6) is 0 Å². The Bertz CT molecular complexity index is 653. The van der Waals surface area contributed by atoms with E-state index in [1.807, 2.05) is 0 Å². The molecule has 5 N–H and O–H groups in total. The van der Waals surface area contributed by atoms with Crippen molar-refractivity contribution in [2.75, 3.05) is 11.1 Å². The van der Waals surface area contributed by atoms with Gasteiger partial charge in [0.15, 0.2) is 0 Å². The molecule has 0 radical (unpaired) electrons. The number of hydrogen-bond acceptors (Lipinski definition) is 3. The van der Waals surface area contributed by atoms with E-state index >= 15 is 0 Å². The average Bonchev–Trinajstić information content (AvgIpc) is 2.48. The number of amides is 2. The fraction of sp³-hybridized carbons (Fsp3) is 0.0667. The van der Waals surface area contributed by atoms with Crippen molar-refractivity contribution in [1.82, 2.24) is 5.32 Å². The third kappa shape index (κ3) is 3.97. The van der Waals surface area contributed by atoms with Crippen LogP contribution in [0, 0.1) is 0 Å². The fourth-order valence-corrected chi connectivity index (χ4v) is 1.76. The first-order chi connectivity index (χ1) is 10.1. The van der Waals surface area contributed by atoms with Gasteiger partial charge < -0.3 is 21.5 Å². The Hall–Kier alpha value is -3.02. The number of nitrogens with two attached hydrogens (primary N) is 1. The number of nitrogen functional groups attached to an aromatic ring is 1. The van der Waals surface area contributed by atoms with Crippen LogP contribution in [-0.4, -0.2) is 17.1 Å². The maximum absolute atomic E-state index is 12.1. The molecule has 0 aliphatic carbocycles. The SMILES string of the molecule is Nc1ccccc1NC(=O)c1ccc(CNC(=O)O)cc1. The molecule has 0 fully saturated rings. The molecule has 6 nitrogen and oxygen atoms in total. The lowest BCUT2D eigenvalue weighted by molar-refractivity contribution is 0.102. The first kappa shape index (κ1) is 14.4. The summed E-state index contributed by atoms with van der Waals surface area (Å²) in [6.07, 6.45) is -1.09. The van der Waals surface area contributed by atoms with Crippen molar-refractivity contribution in [2.45, 2.75) is 6.54 Å². The lowest BCUT2D eigenvalue weighted by Gasteiger charge is -2.08. The van der Waals surface area contributed by atoms with Gasteiger partial charge in [0.05, 0.1) is 11.4 Å². The molecular formula is C15H15N3O3. The molecule has 6 heteroatoms. The van der Waals surface area contributed by atoms with Gasteiger partial charge in [0.1, 0.15) is 0 Å². The first-order valence-corrected chi connectivity index (χ1v) is 6.28. The lowest BCUT2D eigenvalue weighted by Crippen LogP contribution is -2.20. The number of anilines is 2. The van der Waals surface area contributed by atoms with Crippen LogP contribution in [0.1, 0.15) is 15.9 Å². The summed E-state index contributed by atoms with van der Waals surface area (Å²) >= 11 is 0. The smallest absolute Gasteiger partial charge is 0.404 e. The molecule has 0 unspecified atom stereocenters. The monoisotopic (exact) mass is 285 g/mol. The van der Waals surface area contributed by atoms with E-state index in [9.17, 15) is 9.59 Å². The second-order valence-corrected chi connectivity index (χ2v) is 4.40. The largest absolute Gasteiger partial charge is 0.465 e. The van der Waals surface area contributed by atoms with Gasteiger partial charge in [-0.15, -0.1) is 0 Å². The van der Waals surface area contributed by atoms with Crippen LogP contribution in [0.3, 0.4) is 0 Å². The van der Waals surface area contributed by atoms with E-state index in [0.29, 0.717) is 16.9 Å². The van der Waals surface area contributed by atoms with Crippen LogP contribution in [-0.2, 0) is 6.54 Å². The number of nitrogens with one attached hydrogen (secondary N) is 2. The highest BCUT2D eigenvalue weighted by atomic mass is 16.4. The molecule has 0 atom stereocenters. The van der Waals surface area contributed by atoms with E-state index in [2.05, 4.69) is 10.6 Å². The quantitative estimate of drug-likeness (QED) is 0.647. The summed E-state index contributed by atoms with van der Waals surface area (Å²) in [6.45, 7) is 0.197. The summed E-state index contributed by atoms with van der Waals surface area (Å²) in [7, 11) is 0. The predicted octanol–water partition coefficient (Wildman–Crippen LogP) is 2.29. The van der Waals surface area contributed by atoms with Crippen LogP contribution in [0.25, 0.3) is 0 Å². The van der Waals surface area contributed by atoms with Gasteiger partial charge in [0.2, 0.25) is 0 Å². The Balaban J connectivity index is 2.03. The number of carbonyl (C=O) groups excluding carboxylic acids is 1. The summed E-state index contributed by atoms with van der Waals surface area (Å²) in [6, 6.07) is 13.6. The Morgan fingerprint density at radius 1 is 1.05 bits per heavy atom. The van der Waals surface area contributed by atoms with Crippen LogP contribution >= 0.6 is 0 Å². The van der Waals surface area contributed by atoms with E-state index in [1.165, 1.54) is 0 Å². The van der Waals surface area contributed by atoms with E-state index in [-0.39, 0.29) is 12.5 Å². The van der Waals surface area contributed by atoms with Crippen molar-refractivity contribution in [3.63, 3.8) is 0 Å². The minimum Gasteiger partial charge on any atom is -0.465 e. The molecule has 0 aliphatic heterocycles. The molecule has 0 saturated carbocycles. The Kier molecular flexibility index (Phi) is 4.40. The minimum absolute atomic E-state index is 0.197. The maximum Gasteiger partial charge on any atom is 0.404 e.